The molecule has 2 aromatic rings. The minimum absolute atomic E-state index is 1.05. The Hall–Kier alpha value is -1.31. The molecule has 0 unspecified atom stereocenters. The van der Waals surface area contributed by atoms with Gasteiger partial charge >= 0.3 is 0 Å². The van der Waals surface area contributed by atoms with Crippen molar-refractivity contribution in [3.63, 3.8) is 0 Å². The van der Waals surface area contributed by atoms with Crippen molar-refractivity contribution in [3.8, 4) is 0 Å². The molecule has 0 fully saturated rings. The van der Waals surface area contributed by atoms with E-state index in [1.54, 1.807) is 0 Å². The summed E-state index contributed by atoms with van der Waals surface area (Å²) in [5, 5.41) is 0. The predicted octanol–water partition coefficient (Wildman–Crippen LogP) is 2.98. The third-order valence-corrected chi connectivity index (χ3v) is 1.74. The summed E-state index contributed by atoms with van der Waals surface area (Å²) in [7, 11) is 0. The summed E-state index contributed by atoms with van der Waals surface area (Å²) in [6.45, 7) is 8.08. The molecular formula is C11H16N2. The molecule has 0 bridgehead atoms. The fourth-order valence-electron chi connectivity index (χ4n) is 1.26. The number of aryl methyl sites for hydroxylation is 2. The SMILES string of the molecule is CC.Cc1cc2cnc(C)cn2c1. The summed E-state index contributed by atoms with van der Waals surface area (Å²) in [5.41, 5.74) is 3.48. The summed E-state index contributed by atoms with van der Waals surface area (Å²) >= 11 is 0. The lowest BCUT2D eigenvalue weighted by Crippen LogP contribution is -1.86. The molecule has 0 atom stereocenters. The molecule has 2 aromatic heterocycles. The van der Waals surface area contributed by atoms with Gasteiger partial charge in [0.05, 0.1) is 17.4 Å². The van der Waals surface area contributed by atoms with Crippen LogP contribution >= 0.6 is 0 Å². The number of hydrogen-bond donors (Lipinski definition) is 0. The van der Waals surface area contributed by atoms with Crippen molar-refractivity contribution in [1.82, 2.24) is 9.38 Å². The standard InChI is InChI=1S/C9H10N2.C2H6/c1-7-3-9-4-10-8(2)6-11(9)5-7;1-2/h3-6H,1-2H3;1-2H3. The quantitative estimate of drug-likeness (QED) is 0.603. The summed E-state index contributed by atoms with van der Waals surface area (Å²) < 4.78 is 2.09. The maximum absolute atomic E-state index is 4.20. The van der Waals surface area contributed by atoms with Gasteiger partial charge in [0.2, 0.25) is 0 Å². The molecule has 0 aliphatic heterocycles. The van der Waals surface area contributed by atoms with Gasteiger partial charge in [-0.3, -0.25) is 4.98 Å². The van der Waals surface area contributed by atoms with Gasteiger partial charge < -0.3 is 4.40 Å². The fraction of sp³-hybridized carbons (Fsp3) is 0.364. The van der Waals surface area contributed by atoms with Crippen LogP contribution in [0.2, 0.25) is 0 Å². The molecule has 2 heteroatoms. The highest BCUT2D eigenvalue weighted by molar-refractivity contribution is 5.48. The van der Waals surface area contributed by atoms with E-state index in [9.17, 15) is 0 Å². The highest BCUT2D eigenvalue weighted by Gasteiger charge is 1.94. The summed E-state index contributed by atoms with van der Waals surface area (Å²) in [6.07, 6.45) is 6.02. The molecule has 0 radical (unpaired) electrons. The number of hydrogen-bond acceptors (Lipinski definition) is 1. The van der Waals surface area contributed by atoms with Gasteiger partial charge in [0.15, 0.2) is 0 Å². The van der Waals surface area contributed by atoms with Crippen molar-refractivity contribution in [1.29, 1.82) is 0 Å². The molecule has 0 aliphatic carbocycles. The topological polar surface area (TPSA) is 17.3 Å². The van der Waals surface area contributed by atoms with Gasteiger partial charge in [0.25, 0.3) is 0 Å². The van der Waals surface area contributed by atoms with Crippen LogP contribution in [0, 0.1) is 13.8 Å². The largest absolute Gasteiger partial charge is 0.320 e. The number of aromatic nitrogens is 2. The van der Waals surface area contributed by atoms with Crippen molar-refractivity contribution in [2.75, 3.05) is 0 Å². The molecular weight excluding hydrogens is 160 g/mol. The maximum Gasteiger partial charge on any atom is 0.0636 e. The number of nitrogens with zero attached hydrogens (tertiary/aromatic N) is 2. The van der Waals surface area contributed by atoms with E-state index in [2.05, 4.69) is 28.6 Å². The van der Waals surface area contributed by atoms with E-state index in [4.69, 9.17) is 0 Å². The fourth-order valence-corrected chi connectivity index (χ4v) is 1.26. The van der Waals surface area contributed by atoms with Crippen LogP contribution in [-0.4, -0.2) is 9.38 Å². The van der Waals surface area contributed by atoms with Gasteiger partial charge in [-0.05, 0) is 25.5 Å². The molecule has 70 valence electrons. The Morgan fingerprint density at radius 2 is 1.85 bits per heavy atom. The summed E-state index contributed by atoms with van der Waals surface area (Å²) in [5.74, 6) is 0. The number of fused-ring (bicyclic) bond motifs is 1. The first-order valence-electron chi connectivity index (χ1n) is 4.67. The van der Waals surface area contributed by atoms with E-state index < -0.39 is 0 Å². The van der Waals surface area contributed by atoms with Gasteiger partial charge in [-0.1, -0.05) is 13.8 Å². The molecule has 2 heterocycles. The van der Waals surface area contributed by atoms with Crippen LogP contribution in [-0.2, 0) is 0 Å². The molecule has 0 saturated heterocycles. The second kappa shape index (κ2) is 4.08. The minimum atomic E-state index is 1.05. The molecule has 0 amide bonds. The minimum Gasteiger partial charge on any atom is -0.320 e. The van der Waals surface area contributed by atoms with E-state index in [1.165, 1.54) is 5.56 Å². The van der Waals surface area contributed by atoms with Crippen LogP contribution in [0.4, 0.5) is 0 Å². The molecule has 0 spiro atoms. The van der Waals surface area contributed by atoms with Gasteiger partial charge in [-0.15, -0.1) is 0 Å². The Morgan fingerprint density at radius 1 is 1.15 bits per heavy atom. The van der Waals surface area contributed by atoms with Crippen LogP contribution in [0.3, 0.4) is 0 Å². The highest BCUT2D eigenvalue weighted by atomic mass is 14.9. The monoisotopic (exact) mass is 176 g/mol. The lowest BCUT2D eigenvalue weighted by molar-refractivity contribution is 1.08. The van der Waals surface area contributed by atoms with Crippen LogP contribution < -0.4 is 0 Å². The second-order valence-corrected chi connectivity index (χ2v) is 2.88. The summed E-state index contributed by atoms with van der Waals surface area (Å²) in [6, 6.07) is 2.12. The molecule has 0 aliphatic rings. The average molecular weight is 176 g/mol. The Kier molecular flexibility index (Phi) is 3.07. The van der Waals surface area contributed by atoms with Gasteiger partial charge in [0, 0.05) is 12.4 Å². The van der Waals surface area contributed by atoms with Crippen LogP contribution in [0.25, 0.3) is 5.52 Å². The first-order chi connectivity index (χ1) is 6.25. The van der Waals surface area contributed by atoms with E-state index in [1.807, 2.05) is 33.2 Å². The molecule has 2 nitrogen and oxygen atoms in total. The van der Waals surface area contributed by atoms with E-state index in [0.29, 0.717) is 0 Å². The Labute approximate surface area is 79.2 Å². The average Bonchev–Trinajstić information content (AvgIpc) is 2.48. The highest BCUT2D eigenvalue weighted by Crippen LogP contribution is 2.07. The normalized spacial score (nSPS) is 9.54. The Bertz CT molecular complexity index is 388. The van der Waals surface area contributed by atoms with Gasteiger partial charge in [-0.25, -0.2) is 0 Å². The van der Waals surface area contributed by atoms with Crippen molar-refractivity contribution >= 4 is 5.52 Å². The summed E-state index contributed by atoms with van der Waals surface area (Å²) in [4.78, 5) is 4.20. The van der Waals surface area contributed by atoms with Crippen LogP contribution in [0.5, 0.6) is 0 Å². The molecule has 0 saturated carbocycles. The van der Waals surface area contributed by atoms with Crippen LogP contribution in [0.15, 0.2) is 24.7 Å². The van der Waals surface area contributed by atoms with E-state index >= 15 is 0 Å². The lowest BCUT2D eigenvalue weighted by Gasteiger charge is -1.93. The molecule has 13 heavy (non-hydrogen) atoms. The maximum atomic E-state index is 4.20. The zero-order chi connectivity index (χ0) is 9.84. The Balaban J connectivity index is 0.000000396. The molecule has 0 aromatic carbocycles. The molecule has 0 N–H and O–H groups in total. The van der Waals surface area contributed by atoms with Crippen molar-refractivity contribution in [2.45, 2.75) is 27.7 Å². The van der Waals surface area contributed by atoms with E-state index in [-0.39, 0.29) is 0 Å². The first-order valence-corrected chi connectivity index (χ1v) is 4.67. The lowest BCUT2D eigenvalue weighted by atomic mass is 10.4. The third-order valence-electron chi connectivity index (χ3n) is 1.74. The van der Waals surface area contributed by atoms with Crippen molar-refractivity contribution in [2.24, 2.45) is 0 Å². The van der Waals surface area contributed by atoms with Gasteiger partial charge in [-0.2, -0.15) is 0 Å². The molecule has 2 rings (SSSR count). The second-order valence-electron chi connectivity index (χ2n) is 2.88. The smallest absolute Gasteiger partial charge is 0.0636 e. The Morgan fingerprint density at radius 3 is 2.54 bits per heavy atom. The predicted molar refractivity (Wildman–Crippen MR) is 56.0 cm³/mol. The zero-order valence-electron chi connectivity index (χ0n) is 8.70. The first kappa shape index (κ1) is 9.78. The van der Waals surface area contributed by atoms with Crippen molar-refractivity contribution in [3.05, 3.63) is 35.9 Å². The number of rotatable bonds is 0. The van der Waals surface area contributed by atoms with Gasteiger partial charge in [0.1, 0.15) is 0 Å². The van der Waals surface area contributed by atoms with Crippen LogP contribution in [0.1, 0.15) is 25.1 Å². The van der Waals surface area contributed by atoms with Crippen molar-refractivity contribution < 1.29 is 0 Å². The zero-order valence-corrected chi connectivity index (χ0v) is 8.70. The van der Waals surface area contributed by atoms with E-state index in [0.717, 1.165) is 11.2 Å². The third kappa shape index (κ3) is 2.08.